The van der Waals surface area contributed by atoms with Gasteiger partial charge in [-0.1, -0.05) is 28.8 Å². The predicted molar refractivity (Wildman–Crippen MR) is 62.9 cm³/mol. The minimum atomic E-state index is -0.209. The number of hydrogen-bond acceptors (Lipinski definition) is 1. The minimum absolute atomic E-state index is 0.202. The Hall–Kier alpha value is -0.830. The molecule has 1 fully saturated rings. The van der Waals surface area contributed by atoms with Gasteiger partial charge in [-0.25, -0.2) is 0 Å². The number of nitrogens with one attached hydrogen (secondary N) is 1. The summed E-state index contributed by atoms with van der Waals surface area (Å²) in [6.07, 6.45) is 4.34. The second kappa shape index (κ2) is 3.08. The van der Waals surface area contributed by atoms with Gasteiger partial charge in [-0.2, -0.15) is 0 Å². The third-order valence-electron chi connectivity index (χ3n) is 3.64. The fourth-order valence-electron chi connectivity index (χ4n) is 2.86. The molecular weight excluding hydrogens is 254 g/mol. The quantitative estimate of drug-likeness (QED) is 0.767. The van der Waals surface area contributed by atoms with Crippen molar-refractivity contribution in [2.24, 2.45) is 0 Å². The Kier molecular flexibility index (Phi) is 1.93. The average Bonchev–Trinajstić information content (AvgIpc) is 2.78. The molecule has 1 aromatic rings. The Bertz CT molecular complexity index is 435. The van der Waals surface area contributed by atoms with Crippen LogP contribution < -0.4 is 5.32 Å². The van der Waals surface area contributed by atoms with Crippen LogP contribution in [0.25, 0.3) is 0 Å². The first-order valence-electron chi connectivity index (χ1n) is 5.34. The highest BCUT2D eigenvalue weighted by atomic mass is 79.9. The van der Waals surface area contributed by atoms with Gasteiger partial charge in [0.05, 0.1) is 5.41 Å². The highest BCUT2D eigenvalue weighted by molar-refractivity contribution is 9.10. The third kappa shape index (κ3) is 1.19. The molecule has 1 N–H and O–H groups in total. The van der Waals surface area contributed by atoms with Gasteiger partial charge in [-0.15, -0.1) is 0 Å². The molecule has 0 bridgehead atoms. The number of halogens is 1. The van der Waals surface area contributed by atoms with Gasteiger partial charge in [0.15, 0.2) is 0 Å². The van der Waals surface area contributed by atoms with Crippen LogP contribution in [0.2, 0.25) is 0 Å². The lowest BCUT2D eigenvalue weighted by molar-refractivity contribution is -0.120. The fraction of sp³-hybridized carbons (Fsp3) is 0.417. The van der Waals surface area contributed by atoms with Gasteiger partial charge < -0.3 is 5.32 Å². The molecular formula is C12H12BrNO. The summed E-state index contributed by atoms with van der Waals surface area (Å²) >= 11 is 3.48. The Morgan fingerprint density at radius 2 is 2.00 bits per heavy atom. The Morgan fingerprint density at radius 1 is 1.27 bits per heavy atom. The molecule has 1 saturated carbocycles. The maximum atomic E-state index is 12.0. The number of rotatable bonds is 0. The molecule has 15 heavy (non-hydrogen) atoms. The highest BCUT2D eigenvalue weighted by Crippen LogP contribution is 2.49. The van der Waals surface area contributed by atoms with Gasteiger partial charge >= 0.3 is 0 Å². The molecule has 1 amide bonds. The summed E-state index contributed by atoms with van der Waals surface area (Å²) in [6.45, 7) is 0. The number of hydrogen-bond donors (Lipinski definition) is 1. The monoisotopic (exact) mass is 265 g/mol. The van der Waals surface area contributed by atoms with E-state index < -0.39 is 0 Å². The molecule has 1 aromatic carbocycles. The van der Waals surface area contributed by atoms with E-state index in [0.29, 0.717) is 0 Å². The molecule has 3 rings (SSSR count). The van der Waals surface area contributed by atoms with E-state index in [1.54, 1.807) is 0 Å². The third-order valence-corrected chi connectivity index (χ3v) is 4.13. The molecule has 3 heteroatoms. The van der Waals surface area contributed by atoms with Crippen LogP contribution in [0.5, 0.6) is 0 Å². The highest BCUT2D eigenvalue weighted by Gasteiger charge is 2.48. The number of anilines is 1. The van der Waals surface area contributed by atoms with Crippen molar-refractivity contribution in [2.75, 3.05) is 5.32 Å². The van der Waals surface area contributed by atoms with Crippen molar-refractivity contribution >= 4 is 27.5 Å². The number of carbonyl (C=O) groups is 1. The average molecular weight is 266 g/mol. The molecule has 0 atom stereocenters. The molecule has 1 heterocycles. The van der Waals surface area contributed by atoms with Crippen molar-refractivity contribution in [3.8, 4) is 0 Å². The summed E-state index contributed by atoms with van der Waals surface area (Å²) in [5, 5.41) is 3.00. The van der Waals surface area contributed by atoms with Crippen molar-refractivity contribution in [2.45, 2.75) is 31.1 Å². The molecule has 0 radical (unpaired) electrons. The molecule has 1 aliphatic heterocycles. The molecule has 1 aliphatic carbocycles. The van der Waals surface area contributed by atoms with Crippen LogP contribution in [-0.4, -0.2) is 5.91 Å². The van der Waals surface area contributed by atoms with E-state index in [1.165, 1.54) is 18.4 Å². The van der Waals surface area contributed by atoms with E-state index in [1.807, 2.05) is 12.1 Å². The molecule has 1 spiro atoms. The van der Waals surface area contributed by atoms with E-state index in [9.17, 15) is 4.79 Å². The zero-order valence-electron chi connectivity index (χ0n) is 8.35. The first kappa shape index (κ1) is 9.40. The zero-order valence-corrected chi connectivity index (χ0v) is 9.93. The largest absolute Gasteiger partial charge is 0.325 e. The molecule has 0 unspecified atom stereocenters. The lowest BCUT2D eigenvalue weighted by atomic mass is 9.80. The first-order chi connectivity index (χ1) is 7.22. The normalized spacial score (nSPS) is 21.8. The summed E-state index contributed by atoms with van der Waals surface area (Å²) < 4.78 is 1.06. The van der Waals surface area contributed by atoms with Gasteiger partial charge in [0.1, 0.15) is 0 Å². The Morgan fingerprint density at radius 3 is 2.73 bits per heavy atom. The maximum absolute atomic E-state index is 12.0. The van der Waals surface area contributed by atoms with Crippen molar-refractivity contribution in [3.05, 3.63) is 28.2 Å². The van der Waals surface area contributed by atoms with E-state index in [-0.39, 0.29) is 11.3 Å². The van der Waals surface area contributed by atoms with Gasteiger partial charge in [0, 0.05) is 10.2 Å². The summed E-state index contributed by atoms with van der Waals surface area (Å²) in [6, 6.07) is 6.07. The van der Waals surface area contributed by atoms with E-state index in [2.05, 4.69) is 27.3 Å². The molecule has 2 aliphatic rings. The molecule has 0 saturated heterocycles. The van der Waals surface area contributed by atoms with Crippen molar-refractivity contribution in [1.82, 2.24) is 0 Å². The SMILES string of the molecule is O=C1Nc2ccc(Br)cc2C12CCCC2. The van der Waals surface area contributed by atoms with Crippen LogP contribution in [-0.2, 0) is 10.2 Å². The van der Waals surface area contributed by atoms with Crippen LogP contribution in [0.1, 0.15) is 31.2 Å². The predicted octanol–water partition coefficient (Wildman–Crippen LogP) is 3.21. The van der Waals surface area contributed by atoms with E-state index in [4.69, 9.17) is 0 Å². The maximum Gasteiger partial charge on any atom is 0.235 e. The topological polar surface area (TPSA) is 29.1 Å². The van der Waals surface area contributed by atoms with Crippen LogP contribution in [0.15, 0.2) is 22.7 Å². The zero-order chi connectivity index (χ0) is 10.5. The second-order valence-corrected chi connectivity index (χ2v) is 5.35. The Balaban J connectivity index is 2.19. The number of benzene rings is 1. The molecule has 2 nitrogen and oxygen atoms in total. The minimum Gasteiger partial charge on any atom is -0.325 e. The summed E-state index contributed by atoms with van der Waals surface area (Å²) in [4.78, 5) is 12.0. The number of carbonyl (C=O) groups excluding carboxylic acids is 1. The second-order valence-electron chi connectivity index (χ2n) is 4.43. The summed E-state index contributed by atoms with van der Waals surface area (Å²) in [5.74, 6) is 0.202. The van der Waals surface area contributed by atoms with E-state index >= 15 is 0 Å². The van der Waals surface area contributed by atoms with Crippen LogP contribution in [0.3, 0.4) is 0 Å². The lowest BCUT2D eigenvalue weighted by Crippen LogP contribution is -2.30. The first-order valence-corrected chi connectivity index (χ1v) is 6.13. The van der Waals surface area contributed by atoms with Crippen LogP contribution in [0, 0.1) is 0 Å². The van der Waals surface area contributed by atoms with E-state index in [0.717, 1.165) is 23.0 Å². The number of amides is 1. The van der Waals surface area contributed by atoms with Gasteiger partial charge in [-0.3, -0.25) is 4.79 Å². The molecule has 78 valence electrons. The van der Waals surface area contributed by atoms with Crippen molar-refractivity contribution in [1.29, 1.82) is 0 Å². The van der Waals surface area contributed by atoms with Gasteiger partial charge in [0.2, 0.25) is 5.91 Å². The lowest BCUT2D eigenvalue weighted by Gasteiger charge is -2.20. The number of fused-ring (bicyclic) bond motifs is 2. The summed E-state index contributed by atoms with van der Waals surface area (Å²) in [7, 11) is 0. The fourth-order valence-corrected chi connectivity index (χ4v) is 3.22. The smallest absolute Gasteiger partial charge is 0.235 e. The Labute approximate surface area is 97.2 Å². The summed E-state index contributed by atoms with van der Waals surface area (Å²) in [5.41, 5.74) is 1.99. The van der Waals surface area contributed by atoms with Crippen molar-refractivity contribution in [3.63, 3.8) is 0 Å². The van der Waals surface area contributed by atoms with Crippen LogP contribution >= 0.6 is 15.9 Å². The van der Waals surface area contributed by atoms with Crippen LogP contribution in [0.4, 0.5) is 5.69 Å². The van der Waals surface area contributed by atoms with Gasteiger partial charge in [-0.05, 0) is 36.6 Å². The standard InChI is InChI=1S/C12H12BrNO/c13-8-3-4-10-9(7-8)12(11(15)14-10)5-1-2-6-12/h3-4,7H,1-2,5-6H2,(H,14,15). The van der Waals surface area contributed by atoms with Gasteiger partial charge in [0.25, 0.3) is 0 Å². The molecule has 0 aromatic heterocycles. The van der Waals surface area contributed by atoms with Crippen molar-refractivity contribution < 1.29 is 4.79 Å².